The maximum absolute atomic E-state index is 12.0. The molecule has 0 spiro atoms. The van der Waals surface area contributed by atoms with Crippen LogP contribution < -0.4 is 5.73 Å². The number of nitrogens with zero attached hydrogens (tertiary/aromatic N) is 1. The molecule has 1 aliphatic rings. The second kappa shape index (κ2) is 9.32. The molecule has 0 bridgehead atoms. The van der Waals surface area contributed by atoms with Crippen LogP contribution in [0.1, 0.15) is 57.8 Å². The van der Waals surface area contributed by atoms with Crippen LogP contribution in [0.15, 0.2) is 0 Å². The van der Waals surface area contributed by atoms with E-state index in [9.17, 15) is 4.79 Å². The van der Waals surface area contributed by atoms with Gasteiger partial charge in [-0.15, -0.1) is 0 Å². The summed E-state index contributed by atoms with van der Waals surface area (Å²) in [6, 6.07) is 0.352. The number of rotatable bonds is 8. The summed E-state index contributed by atoms with van der Waals surface area (Å²) < 4.78 is 0. The lowest BCUT2D eigenvalue weighted by Gasteiger charge is -2.27. The molecule has 0 aromatic heterocycles. The minimum Gasteiger partial charge on any atom is -0.396 e. The van der Waals surface area contributed by atoms with Crippen molar-refractivity contribution in [3.05, 3.63) is 0 Å². The van der Waals surface area contributed by atoms with Crippen molar-refractivity contribution in [2.45, 2.75) is 63.8 Å². The predicted molar refractivity (Wildman–Crippen MR) is 77.7 cm³/mol. The molecule has 2 unspecified atom stereocenters. The van der Waals surface area contributed by atoms with E-state index in [0.717, 1.165) is 45.1 Å². The maximum Gasteiger partial charge on any atom is 0.222 e. The minimum absolute atomic E-state index is 0.250. The molecule has 1 saturated carbocycles. The van der Waals surface area contributed by atoms with Crippen molar-refractivity contribution < 1.29 is 9.90 Å². The SMILES string of the molecule is CN(CCCCCO)C(=O)CCC1CCCC(N)C1. The van der Waals surface area contributed by atoms with Crippen molar-refractivity contribution in [2.75, 3.05) is 20.2 Å². The first-order valence-corrected chi connectivity index (χ1v) is 7.74. The number of unbranched alkanes of at least 4 members (excludes halogenated alkanes) is 2. The lowest BCUT2D eigenvalue weighted by molar-refractivity contribution is -0.130. The van der Waals surface area contributed by atoms with Crippen molar-refractivity contribution in [3.63, 3.8) is 0 Å². The Morgan fingerprint density at radius 2 is 2.11 bits per heavy atom. The highest BCUT2D eigenvalue weighted by Gasteiger charge is 2.20. The van der Waals surface area contributed by atoms with E-state index in [1.807, 2.05) is 11.9 Å². The van der Waals surface area contributed by atoms with Gasteiger partial charge >= 0.3 is 0 Å². The molecule has 1 fully saturated rings. The number of aliphatic hydroxyl groups is 1. The Bertz CT molecular complexity index is 259. The lowest BCUT2D eigenvalue weighted by Crippen LogP contribution is -2.30. The Morgan fingerprint density at radius 1 is 1.32 bits per heavy atom. The largest absolute Gasteiger partial charge is 0.396 e. The lowest BCUT2D eigenvalue weighted by atomic mass is 9.83. The molecule has 112 valence electrons. The van der Waals surface area contributed by atoms with Crippen molar-refractivity contribution in [1.82, 2.24) is 4.90 Å². The third-order valence-corrected chi connectivity index (χ3v) is 4.17. The van der Waals surface area contributed by atoms with Gasteiger partial charge in [0.25, 0.3) is 0 Å². The van der Waals surface area contributed by atoms with Gasteiger partial charge in [0.1, 0.15) is 0 Å². The Hall–Kier alpha value is -0.610. The van der Waals surface area contributed by atoms with Crippen LogP contribution in [0.3, 0.4) is 0 Å². The van der Waals surface area contributed by atoms with E-state index in [0.29, 0.717) is 18.4 Å². The quantitative estimate of drug-likeness (QED) is 0.662. The Kier molecular flexibility index (Phi) is 8.07. The third kappa shape index (κ3) is 6.92. The molecule has 2 atom stereocenters. The highest BCUT2D eigenvalue weighted by molar-refractivity contribution is 5.75. The summed E-state index contributed by atoms with van der Waals surface area (Å²) >= 11 is 0. The van der Waals surface area contributed by atoms with E-state index in [4.69, 9.17) is 10.8 Å². The van der Waals surface area contributed by atoms with Crippen LogP contribution in [0.5, 0.6) is 0 Å². The van der Waals surface area contributed by atoms with Crippen LogP contribution in [0.4, 0.5) is 0 Å². The summed E-state index contributed by atoms with van der Waals surface area (Å²) in [4.78, 5) is 13.8. The summed E-state index contributed by atoms with van der Waals surface area (Å²) in [6.45, 7) is 1.06. The zero-order valence-corrected chi connectivity index (χ0v) is 12.3. The number of hydrogen-bond donors (Lipinski definition) is 2. The topological polar surface area (TPSA) is 66.6 Å². The number of hydrogen-bond acceptors (Lipinski definition) is 3. The van der Waals surface area contributed by atoms with E-state index in [1.165, 1.54) is 12.8 Å². The van der Waals surface area contributed by atoms with Crippen LogP contribution in [0, 0.1) is 5.92 Å². The van der Waals surface area contributed by atoms with Crippen LogP contribution >= 0.6 is 0 Å². The highest BCUT2D eigenvalue weighted by Crippen LogP contribution is 2.26. The van der Waals surface area contributed by atoms with Crippen LogP contribution in [0.2, 0.25) is 0 Å². The summed E-state index contributed by atoms with van der Waals surface area (Å²) in [7, 11) is 1.88. The first-order valence-electron chi connectivity index (χ1n) is 7.74. The summed E-state index contributed by atoms with van der Waals surface area (Å²) in [6.07, 6.45) is 9.16. The molecular formula is C15H30N2O2. The van der Waals surface area contributed by atoms with Gasteiger partial charge in [-0.1, -0.05) is 12.8 Å². The van der Waals surface area contributed by atoms with Crippen LogP contribution in [-0.4, -0.2) is 42.2 Å². The Morgan fingerprint density at radius 3 is 2.79 bits per heavy atom. The molecule has 1 aliphatic carbocycles. The van der Waals surface area contributed by atoms with Gasteiger partial charge in [0.15, 0.2) is 0 Å². The van der Waals surface area contributed by atoms with Gasteiger partial charge in [0.05, 0.1) is 0 Å². The number of carbonyl (C=O) groups is 1. The smallest absolute Gasteiger partial charge is 0.222 e. The fourth-order valence-electron chi connectivity index (χ4n) is 2.88. The molecule has 0 aromatic rings. The Balaban J connectivity index is 2.11. The number of aliphatic hydroxyl groups excluding tert-OH is 1. The van der Waals surface area contributed by atoms with Crippen molar-refractivity contribution in [3.8, 4) is 0 Å². The van der Waals surface area contributed by atoms with Crippen molar-refractivity contribution >= 4 is 5.91 Å². The second-order valence-electron chi connectivity index (χ2n) is 5.93. The molecule has 0 radical (unpaired) electrons. The summed E-state index contributed by atoms with van der Waals surface area (Å²) in [5.41, 5.74) is 5.97. The van der Waals surface area contributed by atoms with Crippen molar-refractivity contribution in [1.29, 1.82) is 0 Å². The molecule has 0 saturated heterocycles. The van der Waals surface area contributed by atoms with Gasteiger partial charge in [-0.3, -0.25) is 4.79 Å². The molecule has 19 heavy (non-hydrogen) atoms. The molecule has 0 aliphatic heterocycles. The number of nitrogens with two attached hydrogens (primary N) is 1. The van der Waals surface area contributed by atoms with E-state index in [1.54, 1.807) is 0 Å². The first kappa shape index (κ1) is 16.4. The molecule has 0 aromatic carbocycles. The van der Waals surface area contributed by atoms with Crippen molar-refractivity contribution in [2.24, 2.45) is 11.7 Å². The fraction of sp³-hybridized carbons (Fsp3) is 0.933. The van der Waals surface area contributed by atoms with E-state index in [-0.39, 0.29) is 12.5 Å². The third-order valence-electron chi connectivity index (χ3n) is 4.17. The van der Waals surface area contributed by atoms with Gasteiger partial charge < -0.3 is 15.7 Å². The van der Waals surface area contributed by atoms with Gasteiger partial charge in [0, 0.05) is 32.7 Å². The molecule has 0 heterocycles. The minimum atomic E-state index is 0.250. The summed E-state index contributed by atoms with van der Waals surface area (Å²) in [5, 5.41) is 8.70. The van der Waals surface area contributed by atoms with Gasteiger partial charge in [-0.25, -0.2) is 0 Å². The van der Waals surface area contributed by atoms with E-state index < -0.39 is 0 Å². The number of amides is 1. The highest BCUT2D eigenvalue weighted by atomic mass is 16.2. The average Bonchev–Trinajstić information content (AvgIpc) is 2.41. The normalized spacial score (nSPS) is 23.3. The summed E-state index contributed by atoms with van der Waals surface area (Å²) in [5.74, 6) is 0.902. The van der Waals surface area contributed by atoms with Gasteiger partial charge in [0.2, 0.25) is 5.91 Å². The Labute approximate surface area is 117 Å². The molecule has 4 nitrogen and oxygen atoms in total. The fourth-order valence-corrected chi connectivity index (χ4v) is 2.88. The zero-order chi connectivity index (χ0) is 14.1. The van der Waals surface area contributed by atoms with Gasteiger partial charge in [-0.2, -0.15) is 0 Å². The van der Waals surface area contributed by atoms with E-state index >= 15 is 0 Å². The number of carbonyl (C=O) groups excluding carboxylic acids is 1. The standard InChI is InChI=1S/C15H30N2O2/c1-17(10-3-2-4-11-18)15(19)9-8-13-6-5-7-14(16)12-13/h13-14,18H,2-12,16H2,1H3. The zero-order valence-electron chi connectivity index (χ0n) is 12.3. The van der Waals surface area contributed by atoms with E-state index in [2.05, 4.69) is 0 Å². The monoisotopic (exact) mass is 270 g/mol. The maximum atomic E-state index is 12.0. The average molecular weight is 270 g/mol. The molecule has 4 heteroatoms. The van der Waals surface area contributed by atoms with Gasteiger partial charge in [-0.05, 0) is 44.4 Å². The molecule has 1 rings (SSSR count). The molecule has 1 amide bonds. The second-order valence-corrected chi connectivity index (χ2v) is 5.93. The molecular weight excluding hydrogens is 240 g/mol. The van der Waals surface area contributed by atoms with Crippen LogP contribution in [-0.2, 0) is 4.79 Å². The molecule has 3 N–H and O–H groups in total. The predicted octanol–water partition coefficient (Wildman–Crippen LogP) is 1.91. The first-order chi connectivity index (χ1) is 9.13. The van der Waals surface area contributed by atoms with Crippen LogP contribution in [0.25, 0.3) is 0 Å².